The molecule has 2 aromatic carbocycles. The molecule has 0 aromatic heterocycles. The maximum atomic E-state index is 13.0. The smallest absolute Gasteiger partial charge is 0.418 e. The van der Waals surface area contributed by atoms with Crippen molar-refractivity contribution in [3.8, 4) is 0 Å². The van der Waals surface area contributed by atoms with E-state index in [0.29, 0.717) is 5.69 Å². The number of halogens is 3. The number of hydrogen-bond acceptors (Lipinski definition) is 4. The Morgan fingerprint density at radius 1 is 1.13 bits per heavy atom. The number of carbonyl (C=O) groups excluding carboxylic acids is 3. The van der Waals surface area contributed by atoms with Gasteiger partial charge in [0.1, 0.15) is 0 Å². The van der Waals surface area contributed by atoms with Gasteiger partial charge in [0.05, 0.1) is 17.2 Å². The molecule has 1 atom stereocenters. The van der Waals surface area contributed by atoms with Crippen molar-refractivity contribution < 1.29 is 32.3 Å². The van der Waals surface area contributed by atoms with Gasteiger partial charge in [-0.05, 0) is 30.7 Å². The standard InChI is InChI=1S/C21H19F3N2O4/c1-13-6-2-5-9-17(13)26-11-14(10-19(26)28)20(29)30-12-18(27)25-16-8-4-3-7-15(16)21(22,23)24/h2-9,14H,10-12H2,1H3,(H,25,27)/t14-/m0/s1. The highest BCUT2D eigenvalue weighted by Gasteiger charge is 2.37. The fourth-order valence-electron chi connectivity index (χ4n) is 3.24. The van der Waals surface area contributed by atoms with E-state index in [1.54, 1.807) is 12.1 Å². The number of carbonyl (C=O) groups is 3. The minimum atomic E-state index is -4.64. The van der Waals surface area contributed by atoms with Crippen molar-refractivity contribution in [2.45, 2.75) is 19.5 Å². The van der Waals surface area contributed by atoms with Gasteiger partial charge in [0.2, 0.25) is 5.91 Å². The summed E-state index contributed by atoms with van der Waals surface area (Å²) in [6, 6.07) is 11.7. The van der Waals surface area contributed by atoms with Crippen molar-refractivity contribution in [3.05, 3.63) is 59.7 Å². The van der Waals surface area contributed by atoms with E-state index in [0.717, 1.165) is 17.7 Å². The number of benzene rings is 2. The molecule has 1 aliphatic rings. The molecule has 3 rings (SSSR count). The molecule has 9 heteroatoms. The Balaban J connectivity index is 1.57. The average Bonchev–Trinajstić information content (AvgIpc) is 3.07. The van der Waals surface area contributed by atoms with Crippen molar-refractivity contribution >= 4 is 29.2 Å². The molecule has 2 amide bonds. The Labute approximate surface area is 170 Å². The summed E-state index contributed by atoms with van der Waals surface area (Å²) in [6.45, 7) is 1.21. The molecule has 6 nitrogen and oxygen atoms in total. The molecular formula is C21H19F3N2O4. The number of hydrogen-bond donors (Lipinski definition) is 1. The molecule has 0 bridgehead atoms. The lowest BCUT2D eigenvalue weighted by atomic mass is 10.1. The van der Waals surface area contributed by atoms with Gasteiger partial charge in [0, 0.05) is 18.7 Å². The van der Waals surface area contributed by atoms with Crippen LogP contribution in [-0.4, -0.2) is 30.9 Å². The highest BCUT2D eigenvalue weighted by Crippen LogP contribution is 2.34. The molecule has 1 aliphatic heterocycles. The molecule has 0 saturated carbocycles. The van der Waals surface area contributed by atoms with E-state index >= 15 is 0 Å². The van der Waals surface area contributed by atoms with Crippen LogP contribution in [0.5, 0.6) is 0 Å². The van der Waals surface area contributed by atoms with Gasteiger partial charge in [-0.3, -0.25) is 14.4 Å². The minimum Gasteiger partial charge on any atom is -0.455 e. The fourth-order valence-corrected chi connectivity index (χ4v) is 3.24. The molecular weight excluding hydrogens is 401 g/mol. The van der Waals surface area contributed by atoms with Crippen LogP contribution in [0.3, 0.4) is 0 Å². The average molecular weight is 420 g/mol. The monoisotopic (exact) mass is 420 g/mol. The first-order valence-electron chi connectivity index (χ1n) is 9.15. The number of anilines is 2. The first kappa shape index (κ1) is 21.4. The molecule has 30 heavy (non-hydrogen) atoms. The van der Waals surface area contributed by atoms with Gasteiger partial charge < -0.3 is 15.0 Å². The van der Waals surface area contributed by atoms with Crippen molar-refractivity contribution in [1.29, 1.82) is 0 Å². The summed E-state index contributed by atoms with van der Waals surface area (Å²) >= 11 is 0. The van der Waals surface area contributed by atoms with Crippen molar-refractivity contribution in [2.24, 2.45) is 5.92 Å². The molecule has 0 radical (unpaired) electrons. The predicted molar refractivity (Wildman–Crippen MR) is 103 cm³/mol. The van der Waals surface area contributed by atoms with Gasteiger partial charge in [-0.25, -0.2) is 0 Å². The first-order valence-corrected chi connectivity index (χ1v) is 9.15. The highest BCUT2D eigenvalue weighted by molar-refractivity contribution is 6.00. The zero-order valence-corrected chi connectivity index (χ0v) is 16.0. The number of nitrogens with zero attached hydrogens (tertiary/aromatic N) is 1. The molecule has 0 unspecified atom stereocenters. The molecule has 2 aromatic rings. The van der Waals surface area contributed by atoms with E-state index in [9.17, 15) is 27.6 Å². The van der Waals surface area contributed by atoms with Crippen molar-refractivity contribution in [3.63, 3.8) is 0 Å². The molecule has 1 fully saturated rings. The third-order valence-electron chi connectivity index (χ3n) is 4.72. The number of rotatable bonds is 5. The number of ether oxygens (including phenoxy) is 1. The van der Waals surface area contributed by atoms with Gasteiger partial charge in [-0.2, -0.15) is 13.2 Å². The maximum Gasteiger partial charge on any atom is 0.418 e. The lowest BCUT2D eigenvalue weighted by Crippen LogP contribution is -2.28. The third-order valence-corrected chi connectivity index (χ3v) is 4.72. The van der Waals surface area contributed by atoms with Crippen LogP contribution in [0.4, 0.5) is 24.5 Å². The number of nitrogens with one attached hydrogen (secondary N) is 1. The fraction of sp³-hybridized carbons (Fsp3) is 0.286. The second kappa shape index (κ2) is 8.56. The Morgan fingerprint density at radius 2 is 1.80 bits per heavy atom. The summed E-state index contributed by atoms with van der Waals surface area (Å²) in [6.07, 6.45) is -4.70. The van der Waals surface area contributed by atoms with E-state index in [2.05, 4.69) is 5.32 Å². The van der Waals surface area contributed by atoms with E-state index in [-0.39, 0.29) is 18.9 Å². The first-order chi connectivity index (χ1) is 14.2. The Kier molecular flexibility index (Phi) is 6.09. The van der Waals surface area contributed by atoms with Crippen LogP contribution in [-0.2, 0) is 25.3 Å². The van der Waals surface area contributed by atoms with E-state index in [1.807, 2.05) is 19.1 Å². The third kappa shape index (κ3) is 4.79. The second-order valence-corrected chi connectivity index (χ2v) is 6.89. The van der Waals surface area contributed by atoms with Crippen LogP contribution in [0, 0.1) is 12.8 Å². The molecule has 1 heterocycles. The highest BCUT2D eigenvalue weighted by atomic mass is 19.4. The summed E-state index contributed by atoms with van der Waals surface area (Å²) in [5.74, 6) is -2.65. The predicted octanol–water partition coefficient (Wildman–Crippen LogP) is 3.55. The van der Waals surface area contributed by atoms with Crippen LogP contribution >= 0.6 is 0 Å². The molecule has 1 N–H and O–H groups in total. The number of para-hydroxylation sites is 2. The summed E-state index contributed by atoms with van der Waals surface area (Å²) < 4.78 is 43.9. The quantitative estimate of drug-likeness (QED) is 0.751. The normalized spacial score (nSPS) is 16.5. The summed E-state index contributed by atoms with van der Waals surface area (Å²) in [7, 11) is 0. The topological polar surface area (TPSA) is 75.7 Å². The van der Waals surface area contributed by atoms with Crippen LogP contribution in [0.1, 0.15) is 17.5 Å². The van der Waals surface area contributed by atoms with E-state index in [4.69, 9.17) is 4.74 Å². The molecule has 0 aliphatic carbocycles. The summed E-state index contributed by atoms with van der Waals surface area (Å²) in [4.78, 5) is 38.0. The Morgan fingerprint density at radius 3 is 2.50 bits per heavy atom. The second-order valence-electron chi connectivity index (χ2n) is 6.89. The van der Waals surface area contributed by atoms with E-state index < -0.39 is 41.8 Å². The number of aryl methyl sites for hydroxylation is 1. The van der Waals surface area contributed by atoms with Crippen LogP contribution in [0.2, 0.25) is 0 Å². The minimum absolute atomic E-state index is 0.0638. The van der Waals surface area contributed by atoms with Gasteiger partial charge in [0.25, 0.3) is 5.91 Å². The number of esters is 1. The lowest BCUT2D eigenvalue weighted by molar-refractivity contribution is -0.151. The van der Waals surface area contributed by atoms with Gasteiger partial charge in [-0.15, -0.1) is 0 Å². The van der Waals surface area contributed by atoms with Crippen LogP contribution in [0.15, 0.2) is 48.5 Å². The lowest BCUT2D eigenvalue weighted by Gasteiger charge is -2.18. The van der Waals surface area contributed by atoms with Gasteiger partial charge in [-0.1, -0.05) is 30.3 Å². The van der Waals surface area contributed by atoms with Crippen LogP contribution in [0.25, 0.3) is 0 Å². The summed E-state index contributed by atoms with van der Waals surface area (Å²) in [5.41, 5.74) is 0.148. The Hall–Kier alpha value is -3.36. The SMILES string of the molecule is Cc1ccccc1N1C[C@@H](C(=O)OCC(=O)Nc2ccccc2C(F)(F)F)CC1=O. The molecule has 0 spiro atoms. The van der Waals surface area contributed by atoms with Crippen molar-refractivity contribution in [2.75, 3.05) is 23.4 Å². The molecule has 158 valence electrons. The maximum absolute atomic E-state index is 13.0. The summed E-state index contributed by atoms with van der Waals surface area (Å²) in [5, 5.41) is 2.10. The zero-order valence-electron chi connectivity index (χ0n) is 16.0. The molecule has 1 saturated heterocycles. The van der Waals surface area contributed by atoms with Crippen molar-refractivity contribution in [1.82, 2.24) is 0 Å². The Bertz CT molecular complexity index is 975. The number of alkyl halides is 3. The zero-order chi connectivity index (χ0) is 21.9. The van der Waals surface area contributed by atoms with Crippen LogP contribution < -0.4 is 10.2 Å². The van der Waals surface area contributed by atoms with Gasteiger partial charge in [0.15, 0.2) is 6.61 Å². The van der Waals surface area contributed by atoms with Gasteiger partial charge >= 0.3 is 12.1 Å². The van der Waals surface area contributed by atoms with E-state index in [1.165, 1.54) is 17.0 Å². The largest absolute Gasteiger partial charge is 0.455 e. The number of amides is 2.